The van der Waals surface area contributed by atoms with Crippen LogP contribution in [-0.2, 0) is 9.53 Å². The number of hydrogen-bond acceptors (Lipinski definition) is 3. The smallest absolute Gasteiger partial charge is 0.328 e. The lowest BCUT2D eigenvalue weighted by molar-refractivity contribution is -0.144. The van der Waals surface area contributed by atoms with Crippen LogP contribution in [0.2, 0.25) is 0 Å². The quantitative estimate of drug-likeness (QED) is 0.839. The first-order valence-electron chi connectivity index (χ1n) is 7.10. The molecule has 1 N–H and O–H groups in total. The summed E-state index contributed by atoms with van der Waals surface area (Å²) in [6.45, 7) is 3.76. The molecule has 2 rings (SSSR count). The maximum absolute atomic E-state index is 12.4. The molecule has 1 aliphatic carbocycles. The van der Waals surface area contributed by atoms with E-state index in [-0.39, 0.29) is 11.8 Å². The second kappa shape index (κ2) is 6.11. The Bertz CT molecular complexity index is 489. The van der Waals surface area contributed by atoms with Crippen LogP contribution in [0.4, 0.5) is 0 Å². The monoisotopic (exact) mass is 278 g/mol. The summed E-state index contributed by atoms with van der Waals surface area (Å²) in [5.74, 6) is -0.639. The Balaban J connectivity index is 2.10. The van der Waals surface area contributed by atoms with Gasteiger partial charge in [0.05, 0.1) is 7.11 Å². The van der Waals surface area contributed by atoms with Gasteiger partial charge in [-0.05, 0) is 37.3 Å². The van der Waals surface area contributed by atoms with Crippen molar-refractivity contribution in [1.29, 1.82) is 0 Å². The third-order valence-electron chi connectivity index (χ3n) is 3.89. The fourth-order valence-electron chi connectivity index (χ4n) is 2.41. The molecule has 1 unspecified atom stereocenters. The molecule has 5 nitrogen and oxygen atoms in total. The summed E-state index contributed by atoms with van der Waals surface area (Å²) in [4.78, 5) is 24.1. The number of amides is 1. The molecule has 5 heteroatoms. The second-order valence-corrected chi connectivity index (χ2v) is 5.60. The van der Waals surface area contributed by atoms with E-state index in [2.05, 4.69) is 5.32 Å². The highest BCUT2D eigenvalue weighted by Crippen LogP contribution is 2.32. The highest BCUT2D eigenvalue weighted by Gasteiger charge is 2.28. The first kappa shape index (κ1) is 14.6. The van der Waals surface area contributed by atoms with Gasteiger partial charge in [0.25, 0.3) is 5.91 Å². The van der Waals surface area contributed by atoms with Crippen LogP contribution >= 0.6 is 0 Å². The number of methoxy groups -OCH3 is 1. The minimum atomic E-state index is -0.614. The topological polar surface area (TPSA) is 60.3 Å². The Morgan fingerprint density at radius 2 is 2.10 bits per heavy atom. The lowest BCUT2D eigenvalue weighted by Gasteiger charge is -2.29. The highest BCUT2D eigenvalue weighted by atomic mass is 16.5. The number of hydrogen-bond donors (Lipinski definition) is 1. The zero-order chi connectivity index (χ0) is 14.7. The van der Waals surface area contributed by atoms with Crippen LogP contribution < -0.4 is 5.32 Å². The van der Waals surface area contributed by atoms with Crippen LogP contribution in [-0.4, -0.2) is 29.6 Å². The number of aromatic nitrogens is 1. The Labute approximate surface area is 119 Å². The average molecular weight is 278 g/mol. The van der Waals surface area contributed by atoms with Crippen molar-refractivity contribution >= 4 is 11.9 Å². The molecule has 1 atom stereocenters. The molecule has 1 aromatic heterocycles. The van der Waals surface area contributed by atoms with E-state index >= 15 is 0 Å². The van der Waals surface area contributed by atoms with Gasteiger partial charge in [-0.25, -0.2) is 4.79 Å². The number of rotatable bonds is 5. The summed E-state index contributed by atoms with van der Waals surface area (Å²) < 4.78 is 6.75. The summed E-state index contributed by atoms with van der Waals surface area (Å²) in [5, 5.41) is 2.78. The van der Waals surface area contributed by atoms with Crippen molar-refractivity contribution in [3.63, 3.8) is 0 Å². The molecule has 1 heterocycles. The molecule has 110 valence electrons. The van der Waals surface area contributed by atoms with Crippen LogP contribution in [0.1, 0.15) is 49.6 Å². The predicted molar refractivity (Wildman–Crippen MR) is 75.4 cm³/mol. The largest absolute Gasteiger partial charge is 0.467 e. The normalized spacial score (nSPS) is 16.6. The molecule has 1 fully saturated rings. The molecule has 1 saturated carbocycles. The van der Waals surface area contributed by atoms with Gasteiger partial charge >= 0.3 is 5.97 Å². The Morgan fingerprint density at radius 1 is 1.40 bits per heavy atom. The SMILES string of the molecule is COC(=O)C(NC(=O)c1cccn1C1CCC1)C(C)C. The molecular formula is C15H22N2O3. The van der Waals surface area contributed by atoms with Gasteiger partial charge in [0.2, 0.25) is 0 Å². The van der Waals surface area contributed by atoms with E-state index in [1.165, 1.54) is 13.5 Å². The maximum Gasteiger partial charge on any atom is 0.328 e. The molecule has 1 aliphatic rings. The van der Waals surface area contributed by atoms with E-state index in [0.29, 0.717) is 11.7 Å². The van der Waals surface area contributed by atoms with Crippen molar-refractivity contribution in [1.82, 2.24) is 9.88 Å². The zero-order valence-electron chi connectivity index (χ0n) is 12.3. The summed E-state index contributed by atoms with van der Waals surface area (Å²) in [6.07, 6.45) is 5.36. The lowest BCUT2D eigenvalue weighted by atomic mass is 9.93. The highest BCUT2D eigenvalue weighted by molar-refractivity contribution is 5.95. The molecule has 0 aliphatic heterocycles. The van der Waals surface area contributed by atoms with Gasteiger partial charge in [-0.15, -0.1) is 0 Å². The first-order valence-corrected chi connectivity index (χ1v) is 7.10. The van der Waals surface area contributed by atoms with Gasteiger partial charge < -0.3 is 14.6 Å². The first-order chi connectivity index (χ1) is 9.54. The number of esters is 1. The van der Waals surface area contributed by atoms with Gasteiger partial charge in [0.15, 0.2) is 0 Å². The van der Waals surface area contributed by atoms with E-state index < -0.39 is 12.0 Å². The summed E-state index contributed by atoms with van der Waals surface area (Å²) in [7, 11) is 1.33. The van der Waals surface area contributed by atoms with Crippen molar-refractivity contribution < 1.29 is 14.3 Å². The molecule has 0 aromatic carbocycles. The van der Waals surface area contributed by atoms with Crippen molar-refractivity contribution in [3.8, 4) is 0 Å². The summed E-state index contributed by atoms with van der Waals surface area (Å²) in [5.41, 5.74) is 0.615. The van der Waals surface area contributed by atoms with Gasteiger partial charge in [0.1, 0.15) is 11.7 Å². The van der Waals surface area contributed by atoms with Gasteiger partial charge in [-0.2, -0.15) is 0 Å². The number of ether oxygens (including phenoxy) is 1. The predicted octanol–water partition coefficient (Wildman–Crippen LogP) is 2.14. The molecule has 0 radical (unpaired) electrons. The zero-order valence-corrected chi connectivity index (χ0v) is 12.3. The Kier molecular flexibility index (Phi) is 4.47. The molecule has 20 heavy (non-hydrogen) atoms. The fourth-order valence-corrected chi connectivity index (χ4v) is 2.41. The van der Waals surface area contributed by atoms with Crippen molar-refractivity contribution in [2.45, 2.75) is 45.2 Å². The van der Waals surface area contributed by atoms with E-state index in [1.807, 2.05) is 30.7 Å². The molecule has 0 saturated heterocycles. The van der Waals surface area contributed by atoms with Crippen LogP contribution in [0.5, 0.6) is 0 Å². The van der Waals surface area contributed by atoms with Crippen molar-refractivity contribution in [2.24, 2.45) is 5.92 Å². The molecule has 0 spiro atoms. The molecule has 1 amide bonds. The van der Waals surface area contributed by atoms with E-state index in [1.54, 1.807) is 6.07 Å². The van der Waals surface area contributed by atoms with Crippen molar-refractivity contribution in [2.75, 3.05) is 7.11 Å². The number of carbonyl (C=O) groups excluding carboxylic acids is 2. The van der Waals surface area contributed by atoms with E-state index in [4.69, 9.17) is 4.74 Å². The second-order valence-electron chi connectivity index (χ2n) is 5.60. The maximum atomic E-state index is 12.4. The van der Waals surface area contributed by atoms with E-state index in [9.17, 15) is 9.59 Å². The third kappa shape index (κ3) is 2.86. The number of carbonyl (C=O) groups is 2. The van der Waals surface area contributed by atoms with Crippen LogP contribution in [0.15, 0.2) is 18.3 Å². The molecular weight excluding hydrogens is 256 g/mol. The summed E-state index contributed by atoms with van der Waals surface area (Å²) in [6, 6.07) is 3.47. The number of nitrogens with one attached hydrogen (secondary N) is 1. The standard InChI is InChI=1S/C15H22N2O3/c1-10(2)13(15(19)20-3)16-14(18)12-8-5-9-17(12)11-6-4-7-11/h5,8-11,13H,4,6-7H2,1-3H3,(H,16,18). The molecule has 0 bridgehead atoms. The molecule has 1 aromatic rings. The van der Waals surface area contributed by atoms with Crippen LogP contribution in [0, 0.1) is 5.92 Å². The summed E-state index contributed by atoms with van der Waals surface area (Å²) >= 11 is 0. The van der Waals surface area contributed by atoms with Crippen LogP contribution in [0.25, 0.3) is 0 Å². The van der Waals surface area contributed by atoms with Gasteiger partial charge in [0, 0.05) is 12.2 Å². The van der Waals surface area contributed by atoms with E-state index in [0.717, 1.165) is 12.8 Å². The van der Waals surface area contributed by atoms with Crippen LogP contribution in [0.3, 0.4) is 0 Å². The Hall–Kier alpha value is -1.78. The van der Waals surface area contributed by atoms with Crippen molar-refractivity contribution in [3.05, 3.63) is 24.0 Å². The lowest BCUT2D eigenvalue weighted by Crippen LogP contribution is -2.45. The fraction of sp³-hybridized carbons (Fsp3) is 0.600. The Morgan fingerprint density at radius 3 is 2.60 bits per heavy atom. The van der Waals surface area contributed by atoms with Gasteiger partial charge in [-0.3, -0.25) is 4.79 Å². The van der Waals surface area contributed by atoms with Gasteiger partial charge in [-0.1, -0.05) is 13.8 Å². The third-order valence-corrected chi connectivity index (χ3v) is 3.89. The number of nitrogens with zero attached hydrogens (tertiary/aromatic N) is 1. The minimum Gasteiger partial charge on any atom is -0.467 e. The minimum absolute atomic E-state index is 0.0153. The average Bonchev–Trinajstić information content (AvgIpc) is 2.81.